The number of aromatic nitrogens is 1. The lowest BCUT2D eigenvalue weighted by molar-refractivity contribution is -0.204. The predicted molar refractivity (Wildman–Crippen MR) is 172 cm³/mol. The van der Waals surface area contributed by atoms with Crippen molar-refractivity contribution < 1.29 is 38.8 Å². The average Bonchev–Trinajstić information content (AvgIpc) is 3.64. The van der Waals surface area contributed by atoms with Crippen LogP contribution in [0.1, 0.15) is 75.7 Å². The van der Waals surface area contributed by atoms with Crippen LogP contribution in [0.25, 0.3) is 10.9 Å². The van der Waals surface area contributed by atoms with Crippen LogP contribution in [-0.4, -0.2) is 118 Å². The Morgan fingerprint density at radius 1 is 1.22 bits per heavy atom. The minimum atomic E-state index is -1.42. The molecule has 3 saturated heterocycles. The number of ether oxygens (including phenoxy) is 3. The number of H-pyrrole nitrogens is 1. The lowest BCUT2D eigenvalue weighted by atomic mass is 9.78. The zero-order valence-electron chi connectivity index (χ0n) is 27.8. The molecule has 3 aliphatic rings. The molecule has 2 aromatic rings. The SMILES string of the molecule is Cc1cc(C(=O)NC[C@H](O)C[C@H]2CC[C@@H](C)C(CCN3CCOC[C@@]34CCN(C(=O)OC(C)(C)C)C4)(C(=O)O)O2)cc2cc[nH]c12. The van der Waals surface area contributed by atoms with Crippen molar-refractivity contribution in [3.63, 3.8) is 0 Å². The number of hydrogen-bond donors (Lipinski definition) is 4. The maximum Gasteiger partial charge on any atom is 0.410 e. The summed E-state index contributed by atoms with van der Waals surface area (Å²) in [5.74, 6) is -1.52. The molecule has 4 N–H and O–H groups in total. The quantitative estimate of drug-likeness (QED) is 0.321. The second-order valence-electron chi connectivity index (χ2n) is 14.4. The minimum absolute atomic E-state index is 0.0307. The number of likely N-dealkylation sites (tertiary alicyclic amines) is 1. The van der Waals surface area contributed by atoms with E-state index >= 15 is 0 Å². The summed E-state index contributed by atoms with van der Waals surface area (Å²) in [4.78, 5) is 45.7. The van der Waals surface area contributed by atoms with Gasteiger partial charge in [-0.1, -0.05) is 6.92 Å². The normalized spacial score (nSPS) is 28.0. The minimum Gasteiger partial charge on any atom is -0.479 e. The average molecular weight is 643 g/mol. The fraction of sp³-hybridized carbons (Fsp3) is 0.676. The fourth-order valence-electron chi connectivity index (χ4n) is 7.30. The topological polar surface area (TPSA) is 154 Å². The number of fused-ring (bicyclic) bond motifs is 1. The van der Waals surface area contributed by atoms with Gasteiger partial charge in [-0.3, -0.25) is 9.69 Å². The number of aromatic amines is 1. The highest BCUT2D eigenvalue weighted by Gasteiger charge is 2.52. The monoisotopic (exact) mass is 642 g/mol. The number of hydrogen-bond acceptors (Lipinski definition) is 8. The van der Waals surface area contributed by atoms with E-state index in [1.54, 1.807) is 4.90 Å². The van der Waals surface area contributed by atoms with E-state index in [0.29, 0.717) is 64.2 Å². The summed E-state index contributed by atoms with van der Waals surface area (Å²) in [6.07, 6.45) is 2.57. The van der Waals surface area contributed by atoms with Crippen molar-refractivity contribution in [2.75, 3.05) is 45.9 Å². The number of carbonyl (C=O) groups is 3. The maximum absolute atomic E-state index is 12.9. The molecule has 5 rings (SSSR count). The standard InChI is InChI=1S/C34H50N4O8/c1-22-16-25(17-24-8-11-35-28(22)24)29(40)36-19-26(39)18-27-7-6-23(2)34(45-27,30(41)42)10-13-38-14-15-44-21-33(38)9-12-37(20-33)31(43)46-32(3,4)5/h8,11,16-17,23,26-27,35,39H,6-7,9-10,12-15,18-21H2,1-5H3,(H,36,40)(H,41,42)/t23-,26-,27-,33+,34?/m1/s1. The molecule has 12 nitrogen and oxygen atoms in total. The van der Waals surface area contributed by atoms with Gasteiger partial charge in [-0.2, -0.15) is 0 Å². The maximum atomic E-state index is 12.9. The molecule has 0 radical (unpaired) electrons. The molecule has 1 unspecified atom stereocenters. The van der Waals surface area contributed by atoms with E-state index in [2.05, 4.69) is 15.2 Å². The Morgan fingerprint density at radius 2 is 2.00 bits per heavy atom. The number of nitrogens with one attached hydrogen (secondary N) is 2. The molecule has 4 heterocycles. The Kier molecular flexibility index (Phi) is 10.0. The van der Waals surface area contributed by atoms with E-state index in [4.69, 9.17) is 14.2 Å². The number of nitrogens with zero attached hydrogens (tertiary/aromatic N) is 2. The van der Waals surface area contributed by atoms with Crippen molar-refractivity contribution in [1.29, 1.82) is 0 Å². The van der Waals surface area contributed by atoms with Gasteiger partial charge in [0.2, 0.25) is 0 Å². The third-order valence-electron chi connectivity index (χ3n) is 9.89. The second kappa shape index (κ2) is 13.5. The Bertz CT molecular complexity index is 1420. The summed E-state index contributed by atoms with van der Waals surface area (Å²) >= 11 is 0. The molecule has 3 aliphatic heterocycles. The number of aliphatic hydroxyl groups excluding tert-OH is 1. The summed E-state index contributed by atoms with van der Waals surface area (Å²) in [6.45, 7) is 12.5. The molecule has 0 bridgehead atoms. The van der Waals surface area contributed by atoms with Crippen LogP contribution in [0.5, 0.6) is 0 Å². The lowest BCUT2D eigenvalue weighted by Gasteiger charge is -2.48. The van der Waals surface area contributed by atoms with Crippen LogP contribution >= 0.6 is 0 Å². The molecule has 1 spiro atoms. The number of aliphatic carboxylic acids is 1. The highest BCUT2D eigenvalue weighted by molar-refractivity contribution is 5.99. The summed E-state index contributed by atoms with van der Waals surface area (Å²) < 4.78 is 17.9. The summed E-state index contributed by atoms with van der Waals surface area (Å²) in [7, 11) is 0. The van der Waals surface area contributed by atoms with Gasteiger partial charge >= 0.3 is 12.1 Å². The molecule has 1 aromatic carbocycles. The molecule has 12 heteroatoms. The first kappa shape index (κ1) is 34.2. The fourth-order valence-corrected chi connectivity index (χ4v) is 7.30. The van der Waals surface area contributed by atoms with Crippen LogP contribution in [0.3, 0.4) is 0 Å². The summed E-state index contributed by atoms with van der Waals surface area (Å²) in [6, 6.07) is 5.54. The van der Waals surface area contributed by atoms with Gasteiger partial charge in [0.15, 0.2) is 5.60 Å². The Morgan fingerprint density at radius 3 is 2.74 bits per heavy atom. The van der Waals surface area contributed by atoms with E-state index in [0.717, 1.165) is 16.5 Å². The molecule has 1 aromatic heterocycles. The number of aliphatic hydroxyl groups is 1. The molecule has 0 aliphatic carbocycles. The molecular formula is C34H50N4O8. The van der Waals surface area contributed by atoms with Crippen molar-refractivity contribution in [2.45, 2.75) is 95.7 Å². The van der Waals surface area contributed by atoms with Crippen molar-refractivity contribution in [1.82, 2.24) is 20.1 Å². The molecule has 3 fully saturated rings. The van der Waals surface area contributed by atoms with Gasteiger partial charge in [0.1, 0.15) is 5.60 Å². The number of carbonyl (C=O) groups excluding carboxylic acids is 2. The van der Waals surface area contributed by atoms with Crippen molar-refractivity contribution in [2.24, 2.45) is 5.92 Å². The molecule has 5 atom stereocenters. The Hall–Kier alpha value is -3.19. The third kappa shape index (κ3) is 7.35. The number of carboxylic acids is 1. The predicted octanol–water partition coefficient (Wildman–Crippen LogP) is 3.70. The molecule has 2 amide bonds. The van der Waals surface area contributed by atoms with Crippen LogP contribution in [0.2, 0.25) is 0 Å². The smallest absolute Gasteiger partial charge is 0.410 e. The van der Waals surface area contributed by atoms with Crippen molar-refractivity contribution >= 4 is 28.9 Å². The highest BCUT2D eigenvalue weighted by atomic mass is 16.6. The van der Waals surface area contributed by atoms with Gasteiger partial charge in [-0.25, -0.2) is 9.59 Å². The van der Waals surface area contributed by atoms with E-state index in [1.165, 1.54) is 0 Å². The van der Waals surface area contributed by atoms with Gasteiger partial charge in [-0.05, 0) is 76.6 Å². The summed E-state index contributed by atoms with van der Waals surface area (Å²) in [5, 5.41) is 25.2. The Balaban J connectivity index is 1.19. The first-order valence-electron chi connectivity index (χ1n) is 16.5. The van der Waals surface area contributed by atoms with Gasteiger partial charge < -0.3 is 39.6 Å². The molecule has 46 heavy (non-hydrogen) atoms. The third-order valence-corrected chi connectivity index (χ3v) is 9.89. The van der Waals surface area contributed by atoms with E-state index in [1.807, 2.05) is 59.0 Å². The number of morpholine rings is 1. The first-order chi connectivity index (χ1) is 21.7. The van der Waals surface area contributed by atoms with Crippen LogP contribution in [0.4, 0.5) is 4.79 Å². The van der Waals surface area contributed by atoms with Crippen molar-refractivity contribution in [3.8, 4) is 0 Å². The zero-order chi connectivity index (χ0) is 33.3. The van der Waals surface area contributed by atoms with Gasteiger partial charge in [0, 0.05) is 68.2 Å². The number of carboxylic acid groups (broad SMARTS) is 1. The van der Waals surface area contributed by atoms with Crippen LogP contribution < -0.4 is 5.32 Å². The van der Waals surface area contributed by atoms with E-state index < -0.39 is 34.9 Å². The highest BCUT2D eigenvalue weighted by Crippen LogP contribution is 2.40. The van der Waals surface area contributed by atoms with Gasteiger partial charge in [0.05, 0.1) is 31.0 Å². The van der Waals surface area contributed by atoms with Gasteiger partial charge in [-0.15, -0.1) is 0 Å². The van der Waals surface area contributed by atoms with Crippen LogP contribution in [0.15, 0.2) is 24.4 Å². The second-order valence-corrected chi connectivity index (χ2v) is 14.4. The molecule has 254 valence electrons. The van der Waals surface area contributed by atoms with E-state index in [9.17, 15) is 24.6 Å². The molecular weight excluding hydrogens is 592 g/mol. The number of aryl methyl sites for hydroxylation is 1. The molecule has 0 saturated carbocycles. The lowest BCUT2D eigenvalue weighted by Crippen LogP contribution is -2.61. The largest absolute Gasteiger partial charge is 0.479 e. The Labute approximate surface area is 270 Å². The number of rotatable bonds is 9. The van der Waals surface area contributed by atoms with E-state index in [-0.39, 0.29) is 37.3 Å². The number of benzene rings is 1. The number of amides is 2. The first-order valence-corrected chi connectivity index (χ1v) is 16.5. The van der Waals surface area contributed by atoms with Crippen LogP contribution in [0, 0.1) is 12.8 Å². The van der Waals surface area contributed by atoms with Gasteiger partial charge in [0.25, 0.3) is 5.91 Å². The summed E-state index contributed by atoms with van der Waals surface area (Å²) in [5.41, 5.74) is 0.0333. The zero-order valence-corrected chi connectivity index (χ0v) is 27.8. The van der Waals surface area contributed by atoms with Crippen LogP contribution in [-0.2, 0) is 19.0 Å². The van der Waals surface area contributed by atoms with Crippen molar-refractivity contribution in [3.05, 3.63) is 35.5 Å².